The molecule has 2 atom stereocenters. The molecular formula is C15H21FN2O3. The van der Waals surface area contributed by atoms with Crippen molar-refractivity contribution >= 4 is 17.6 Å². The standard InChI is InChI=1S/C15H21FN2O3/c1-4-5-9(2)18-14(19)10(3)21-15(20)11-6-7-12(16)13(17)8-11/h6-10H,4-5,17H2,1-3H3,(H,18,19). The molecule has 2 unspecified atom stereocenters. The van der Waals surface area contributed by atoms with Crippen LogP contribution in [0.5, 0.6) is 0 Å². The first-order valence-corrected chi connectivity index (χ1v) is 6.91. The summed E-state index contributed by atoms with van der Waals surface area (Å²) in [5.41, 5.74) is 5.35. The molecule has 1 amide bonds. The smallest absolute Gasteiger partial charge is 0.338 e. The van der Waals surface area contributed by atoms with Gasteiger partial charge in [-0.25, -0.2) is 9.18 Å². The molecule has 0 aliphatic heterocycles. The average Bonchev–Trinajstić information content (AvgIpc) is 2.41. The SMILES string of the molecule is CCCC(C)NC(=O)C(C)OC(=O)c1ccc(F)c(N)c1. The van der Waals surface area contributed by atoms with E-state index >= 15 is 0 Å². The van der Waals surface area contributed by atoms with Crippen molar-refractivity contribution in [1.29, 1.82) is 0 Å². The van der Waals surface area contributed by atoms with Gasteiger partial charge in [-0.05, 0) is 38.5 Å². The summed E-state index contributed by atoms with van der Waals surface area (Å²) in [4.78, 5) is 23.7. The minimum atomic E-state index is -0.928. The van der Waals surface area contributed by atoms with Crippen molar-refractivity contribution in [3.05, 3.63) is 29.6 Å². The van der Waals surface area contributed by atoms with Crippen molar-refractivity contribution in [3.8, 4) is 0 Å². The van der Waals surface area contributed by atoms with E-state index in [1.807, 2.05) is 13.8 Å². The third-order valence-corrected chi connectivity index (χ3v) is 3.00. The normalized spacial score (nSPS) is 13.3. The van der Waals surface area contributed by atoms with Gasteiger partial charge in [-0.1, -0.05) is 13.3 Å². The molecule has 0 spiro atoms. The minimum Gasteiger partial charge on any atom is -0.449 e. The highest BCUT2D eigenvalue weighted by Crippen LogP contribution is 2.13. The Morgan fingerprint density at radius 2 is 2.05 bits per heavy atom. The summed E-state index contributed by atoms with van der Waals surface area (Å²) in [6.07, 6.45) is 0.869. The highest BCUT2D eigenvalue weighted by atomic mass is 19.1. The van der Waals surface area contributed by atoms with Gasteiger partial charge >= 0.3 is 5.97 Å². The molecule has 6 heteroatoms. The van der Waals surface area contributed by atoms with Crippen molar-refractivity contribution in [2.24, 2.45) is 0 Å². The zero-order valence-electron chi connectivity index (χ0n) is 12.5. The topological polar surface area (TPSA) is 81.4 Å². The summed E-state index contributed by atoms with van der Waals surface area (Å²) in [7, 11) is 0. The Hall–Kier alpha value is -2.11. The van der Waals surface area contributed by atoms with Crippen molar-refractivity contribution in [1.82, 2.24) is 5.32 Å². The Balaban J connectivity index is 2.60. The van der Waals surface area contributed by atoms with Crippen LogP contribution in [0, 0.1) is 5.82 Å². The molecule has 0 heterocycles. The lowest BCUT2D eigenvalue weighted by Crippen LogP contribution is -2.40. The molecule has 0 aliphatic carbocycles. The van der Waals surface area contributed by atoms with Crippen LogP contribution < -0.4 is 11.1 Å². The van der Waals surface area contributed by atoms with E-state index in [-0.39, 0.29) is 23.2 Å². The number of amides is 1. The van der Waals surface area contributed by atoms with Gasteiger partial charge in [0.15, 0.2) is 6.10 Å². The Labute approximate surface area is 123 Å². The number of benzene rings is 1. The predicted molar refractivity (Wildman–Crippen MR) is 78.2 cm³/mol. The van der Waals surface area contributed by atoms with E-state index in [0.717, 1.165) is 18.9 Å². The van der Waals surface area contributed by atoms with Crippen molar-refractivity contribution in [2.75, 3.05) is 5.73 Å². The Morgan fingerprint density at radius 3 is 2.62 bits per heavy atom. The summed E-state index contributed by atoms with van der Waals surface area (Å²) < 4.78 is 18.1. The van der Waals surface area contributed by atoms with E-state index in [2.05, 4.69) is 5.32 Å². The molecule has 0 bridgehead atoms. The largest absolute Gasteiger partial charge is 0.449 e. The monoisotopic (exact) mass is 296 g/mol. The number of nitrogens with one attached hydrogen (secondary N) is 1. The summed E-state index contributed by atoms with van der Waals surface area (Å²) in [5.74, 6) is -1.68. The van der Waals surface area contributed by atoms with Gasteiger partial charge in [0, 0.05) is 6.04 Å². The molecule has 1 rings (SSSR count). The number of nitrogens with two attached hydrogens (primary N) is 1. The molecule has 3 N–H and O–H groups in total. The van der Waals surface area contributed by atoms with Crippen LogP contribution in [-0.4, -0.2) is 24.0 Å². The van der Waals surface area contributed by atoms with Gasteiger partial charge in [0.05, 0.1) is 11.3 Å². The molecule has 0 radical (unpaired) electrons. The van der Waals surface area contributed by atoms with Gasteiger partial charge in [0.2, 0.25) is 0 Å². The lowest BCUT2D eigenvalue weighted by molar-refractivity contribution is -0.129. The predicted octanol–water partition coefficient (Wildman–Crippen LogP) is 2.26. The Morgan fingerprint density at radius 1 is 1.38 bits per heavy atom. The number of hydrogen-bond acceptors (Lipinski definition) is 4. The molecular weight excluding hydrogens is 275 g/mol. The van der Waals surface area contributed by atoms with Crippen LogP contribution in [0.1, 0.15) is 44.0 Å². The van der Waals surface area contributed by atoms with Crippen LogP contribution in [-0.2, 0) is 9.53 Å². The molecule has 116 valence electrons. The molecule has 5 nitrogen and oxygen atoms in total. The van der Waals surface area contributed by atoms with Crippen LogP contribution in [0.2, 0.25) is 0 Å². The Bertz CT molecular complexity index is 520. The number of anilines is 1. The molecule has 0 aromatic heterocycles. The Kier molecular flexibility index (Phi) is 6.14. The number of ether oxygens (including phenoxy) is 1. The molecule has 1 aromatic carbocycles. The van der Waals surface area contributed by atoms with E-state index in [1.165, 1.54) is 19.1 Å². The maximum atomic E-state index is 13.0. The molecule has 0 saturated heterocycles. The fourth-order valence-electron chi connectivity index (χ4n) is 1.82. The van der Waals surface area contributed by atoms with E-state index in [0.29, 0.717) is 0 Å². The van der Waals surface area contributed by atoms with E-state index in [9.17, 15) is 14.0 Å². The zero-order valence-corrected chi connectivity index (χ0v) is 12.5. The highest BCUT2D eigenvalue weighted by molar-refractivity contribution is 5.93. The number of nitrogen functional groups attached to an aromatic ring is 1. The lowest BCUT2D eigenvalue weighted by Gasteiger charge is -2.17. The molecule has 0 fully saturated rings. The average molecular weight is 296 g/mol. The third kappa shape index (κ3) is 5.06. The lowest BCUT2D eigenvalue weighted by atomic mass is 10.2. The summed E-state index contributed by atoms with van der Waals surface area (Å²) >= 11 is 0. The number of halogens is 1. The fourth-order valence-corrected chi connectivity index (χ4v) is 1.82. The number of rotatable bonds is 6. The van der Waals surface area contributed by atoms with Crippen LogP contribution in [0.4, 0.5) is 10.1 Å². The maximum absolute atomic E-state index is 13.0. The van der Waals surface area contributed by atoms with Crippen molar-refractivity contribution in [3.63, 3.8) is 0 Å². The second-order valence-corrected chi connectivity index (χ2v) is 4.98. The van der Waals surface area contributed by atoms with Crippen molar-refractivity contribution in [2.45, 2.75) is 45.8 Å². The van der Waals surface area contributed by atoms with Gasteiger partial charge in [-0.2, -0.15) is 0 Å². The van der Waals surface area contributed by atoms with E-state index in [1.54, 1.807) is 0 Å². The van der Waals surface area contributed by atoms with E-state index in [4.69, 9.17) is 10.5 Å². The van der Waals surface area contributed by atoms with Crippen LogP contribution in [0.25, 0.3) is 0 Å². The maximum Gasteiger partial charge on any atom is 0.338 e. The van der Waals surface area contributed by atoms with Gasteiger partial charge in [-0.3, -0.25) is 4.79 Å². The fraction of sp³-hybridized carbons (Fsp3) is 0.467. The number of hydrogen-bond donors (Lipinski definition) is 2. The molecule has 0 saturated carbocycles. The summed E-state index contributed by atoms with van der Waals surface area (Å²) in [5, 5.41) is 2.76. The zero-order chi connectivity index (χ0) is 16.0. The quantitative estimate of drug-likeness (QED) is 0.623. The molecule has 0 aliphatic rings. The minimum absolute atomic E-state index is 0.0186. The second-order valence-electron chi connectivity index (χ2n) is 4.98. The van der Waals surface area contributed by atoms with Crippen LogP contribution in [0.15, 0.2) is 18.2 Å². The highest BCUT2D eigenvalue weighted by Gasteiger charge is 2.20. The molecule has 1 aromatic rings. The second kappa shape index (κ2) is 7.61. The first-order chi connectivity index (χ1) is 9.85. The molecule has 21 heavy (non-hydrogen) atoms. The first kappa shape index (κ1) is 16.9. The summed E-state index contributed by atoms with van der Waals surface area (Å²) in [6.45, 7) is 5.39. The first-order valence-electron chi connectivity index (χ1n) is 6.91. The van der Waals surface area contributed by atoms with Crippen LogP contribution >= 0.6 is 0 Å². The van der Waals surface area contributed by atoms with Gasteiger partial charge in [0.1, 0.15) is 5.82 Å². The van der Waals surface area contributed by atoms with Gasteiger partial charge in [-0.15, -0.1) is 0 Å². The van der Waals surface area contributed by atoms with Crippen molar-refractivity contribution < 1.29 is 18.7 Å². The number of carbonyl (C=O) groups is 2. The summed E-state index contributed by atoms with van der Waals surface area (Å²) in [6, 6.07) is 3.55. The van der Waals surface area contributed by atoms with Crippen LogP contribution in [0.3, 0.4) is 0 Å². The van der Waals surface area contributed by atoms with Gasteiger partial charge in [0.25, 0.3) is 5.91 Å². The van der Waals surface area contributed by atoms with Gasteiger partial charge < -0.3 is 15.8 Å². The third-order valence-electron chi connectivity index (χ3n) is 3.00. The van der Waals surface area contributed by atoms with E-state index < -0.39 is 17.9 Å². The number of esters is 1. The number of carbonyl (C=O) groups excluding carboxylic acids is 2.